The molecule has 1 unspecified atom stereocenters. The maximum atomic E-state index is 11.3. The van der Waals surface area contributed by atoms with Gasteiger partial charge in [0.05, 0.1) is 5.92 Å². The molecule has 1 saturated heterocycles. The molecule has 194 valence electrons. The van der Waals surface area contributed by atoms with Crippen molar-refractivity contribution in [1.29, 1.82) is 0 Å². The number of benzene rings is 3. The van der Waals surface area contributed by atoms with Gasteiger partial charge in [-0.3, -0.25) is 4.79 Å². The molecule has 1 N–H and O–H groups in total. The summed E-state index contributed by atoms with van der Waals surface area (Å²) >= 11 is 0. The molecule has 2 aliphatic rings. The first-order chi connectivity index (χ1) is 17.6. The Hall–Kier alpha value is -3.47. The number of piperazine rings is 1. The minimum Gasteiger partial charge on any atom is -0.486 e. The van der Waals surface area contributed by atoms with Crippen molar-refractivity contribution in [3.8, 4) is 5.75 Å². The molecular weight excluding hydrogens is 458 g/mol. The van der Waals surface area contributed by atoms with Crippen molar-refractivity contribution >= 4 is 23.0 Å². The predicted molar refractivity (Wildman–Crippen MR) is 154 cm³/mol. The zero-order valence-electron chi connectivity index (χ0n) is 23.2. The number of hydrogen-bond acceptors (Lipinski definition) is 4. The van der Waals surface area contributed by atoms with E-state index >= 15 is 0 Å². The molecule has 0 radical (unpaired) electrons. The molecule has 1 fully saturated rings. The van der Waals surface area contributed by atoms with Crippen LogP contribution in [-0.4, -0.2) is 37.7 Å². The molecule has 2 aliphatic heterocycles. The second-order valence-corrected chi connectivity index (χ2v) is 11.2. The molecule has 5 heteroatoms. The second kappa shape index (κ2) is 9.44. The summed E-state index contributed by atoms with van der Waals surface area (Å²) in [5.74, 6) is 1.23. The second-order valence-electron chi connectivity index (χ2n) is 11.2. The number of anilines is 3. The molecule has 5 nitrogen and oxygen atoms in total. The van der Waals surface area contributed by atoms with Crippen LogP contribution in [0.2, 0.25) is 0 Å². The molecule has 5 rings (SSSR count). The summed E-state index contributed by atoms with van der Waals surface area (Å²) in [7, 11) is 0. The zero-order valence-corrected chi connectivity index (χ0v) is 23.2. The Morgan fingerprint density at radius 1 is 0.838 bits per heavy atom. The quantitative estimate of drug-likeness (QED) is 0.446. The van der Waals surface area contributed by atoms with Gasteiger partial charge in [0.1, 0.15) is 11.4 Å². The van der Waals surface area contributed by atoms with Gasteiger partial charge < -0.3 is 19.9 Å². The van der Waals surface area contributed by atoms with Crippen molar-refractivity contribution in [2.45, 2.75) is 60.0 Å². The molecule has 3 aromatic rings. The molecule has 0 bridgehead atoms. The summed E-state index contributed by atoms with van der Waals surface area (Å²) in [6.45, 7) is 18.7. The number of amides is 1. The highest BCUT2D eigenvalue weighted by molar-refractivity contribution is 5.88. The number of fused-ring (bicyclic) bond motifs is 1. The van der Waals surface area contributed by atoms with Gasteiger partial charge in [0.25, 0.3) is 0 Å². The zero-order chi connectivity index (χ0) is 26.5. The van der Waals surface area contributed by atoms with Gasteiger partial charge in [-0.05, 0) is 88.1 Å². The number of aryl methyl sites for hydroxylation is 1. The van der Waals surface area contributed by atoms with E-state index in [-0.39, 0.29) is 17.4 Å². The van der Waals surface area contributed by atoms with Gasteiger partial charge in [0.15, 0.2) is 0 Å². The Morgan fingerprint density at radius 3 is 2.03 bits per heavy atom. The maximum absolute atomic E-state index is 11.3. The molecule has 0 saturated carbocycles. The van der Waals surface area contributed by atoms with Crippen LogP contribution in [0.25, 0.3) is 0 Å². The first-order valence-corrected chi connectivity index (χ1v) is 13.3. The Balaban J connectivity index is 1.43. The lowest BCUT2D eigenvalue weighted by atomic mass is 9.78. The van der Waals surface area contributed by atoms with Crippen molar-refractivity contribution < 1.29 is 9.53 Å². The molecule has 3 aromatic carbocycles. The van der Waals surface area contributed by atoms with Crippen LogP contribution in [0.1, 0.15) is 60.1 Å². The SMILES string of the molecule is CC(=O)Nc1ccc(N2CCN(c3c(C)c(C)c4c(c3C)C(c3ccc(C)cc3)C(C)(C)O4)CC2)cc1. The van der Waals surface area contributed by atoms with Crippen molar-refractivity contribution in [2.75, 3.05) is 41.3 Å². The largest absolute Gasteiger partial charge is 0.486 e. The van der Waals surface area contributed by atoms with Gasteiger partial charge in [-0.1, -0.05) is 29.8 Å². The predicted octanol–water partition coefficient (Wildman–Crippen LogP) is 6.51. The number of nitrogens with one attached hydrogen (secondary N) is 1. The van der Waals surface area contributed by atoms with Crippen LogP contribution >= 0.6 is 0 Å². The fourth-order valence-electron chi connectivity index (χ4n) is 6.23. The van der Waals surface area contributed by atoms with Crippen LogP contribution in [0, 0.1) is 27.7 Å². The average molecular weight is 498 g/mol. The third-order valence-corrected chi connectivity index (χ3v) is 8.17. The highest BCUT2D eigenvalue weighted by atomic mass is 16.5. The van der Waals surface area contributed by atoms with Gasteiger partial charge >= 0.3 is 0 Å². The molecule has 1 atom stereocenters. The van der Waals surface area contributed by atoms with Gasteiger partial charge in [-0.25, -0.2) is 0 Å². The molecule has 37 heavy (non-hydrogen) atoms. The molecule has 2 heterocycles. The van der Waals surface area contributed by atoms with Gasteiger partial charge in [0, 0.05) is 55.7 Å². The average Bonchev–Trinajstić information content (AvgIpc) is 3.15. The van der Waals surface area contributed by atoms with Gasteiger partial charge in [0.2, 0.25) is 5.91 Å². The number of ether oxygens (including phenoxy) is 1. The topological polar surface area (TPSA) is 44.8 Å². The van der Waals surface area contributed by atoms with E-state index in [1.54, 1.807) is 0 Å². The van der Waals surface area contributed by atoms with Crippen LogP contribution in [0.5, 0.6) is 5.75 Å². The molecule has 0 aromatic heterocycles. The smallest absolute Gasteiger partial charge is 0.221 e. The molecule has 1 amide bonds. The van der Waals surface area contributed by atoms with E-state index in [2.05, 4.69) is 93.1 Å². The van der Waals surface area contributed by atoms with E-state index in [0.717, 1.165) is 37.6 Å². The number of nitrogens with zero attached hydrogens (tertiary/aromatic N) is 2. The first-order valence-electron chi connectivity index (χ1n) is 13.3. The Kier molecular flexibility index (Phi) is 6.43. The molecular formula is C32H39N3O2. The van der Waals surface area contributed by atoms with Gasteiger partial charge in [-0.15, -0.1) is 0 Å². The summed E-state index contributed by atoms with van der Waals surface area (Å²) in [5.41, 5.74) is 11.0. The number of rotatable bonds is 4. The standard InChI is InChI=1S/C32H39N3O2/c1-20-8-10-25(11-9-20)29-28-23(4)30(21(2)22(3)31(28)37-32(29,6)7)35-18-16-34(17-19-35)27-14-12-26(13-15-27)33-24(5)36/h8-15,29H,16-19H2,1-7H3,(H,33,36). The monoisotopic (exact) mass is 497 g/mol. The van der Waals surface area contributed by atoms with Crippen LogP contribution in [0.4, 0.5) is 17.1 Å². The summed E-state index contributed by atoms with van der Waals surface area (Å²) in [6, 6.07) is 17.1. The fraction of sp³-hybridized carbons (Fsp3) is 0.406. The highest BCUT2D eigenvalue weighted by Gasteiger charge is 2.45. The molecule has 0 aliphatic carbocycles. The van der Waals surface area contributed by atoms with Gasteiger partial charge in [-0.2, -0.15) is 0 Å². The normalized spacial score (nSPS) is 18.4. The summed E-state index contributed by atoms with van der Waals surface area (Å²) in [6.07, 6.45) is 0. The first kappa shape index (κ1) is 25.2. The minimum absolute atomic E-state index is 0.0462. The summed E-state index contributed by atoms with van der Waals surface area (Å²) < 4.78 is 6.68. The lowest BCUT2D eigenvalue weighted by Gasteiger charge is -2.39. The third kappa shape index (κ3) is 4.56. The Morgan fingerprint density at radius 2 is 1.43 bits per heavy atom. The highest BCUT2D eigenvalue weighted by Crippen LogP contribution is 2.54. The number of carbonyl (C=O) groups excluding carboxylic acids is 1. The van der Waals surface area contributed by atoms with E-state index in [1.165, 1.54) is 51.7 Å². The van der Waals surface area contributed by atoms with E-state index in [4.69, 9.17) is 4.74 Å². The van der Waals surface area contributed by atoms with Crippen LogP contribution in [-0.2, 0) is 4.79 Å². The summed E-state index contributed by atoms with van der Waals surface area (Å²) in [5, 5.41) is 2.85. The van der Waals surface area contributed by atoms with Crippen molar-refractivity contribution in [3.05, 3.63) is 81.9 Å². The van der Waals surface area contributed by atoms with Crippen molar-refractivity contribution in [1.82, 2.24) is 0 Å². The van der Waals surface area contributed by atoms with Crippen molar-refractivity contribution in [3.63, 3.8) is 0 Å². The maximum Gasteiger partial charge on any atom is 0.221 e. The van der Waals surface area contributed by atoms with E-state index in [9.17, 15) is 4.79 Å². The minimum atomic E-state index is -0.305. The van der Waals surface area contributed by atoms with E-state index in [0.29, 0.717) is 0 Å². The van der Waals surface area contributed by atoms with E-state index in [1.807, 2.05) is 12.1 Å². The summed E-state index contributed by atoms with van der Waals surface area (Å²) in [4.78, 5) is 16.3. The number of hydrogen-bond donors (Lipinski definition) is 1. The van der Waals surface area contributed by atoms with Crippen LogP contribution < -0.4 is 19.9 Å². The van der Waals surface area contributed by atoms with Crippen LogP contribution in [0.3, 0.4) is 0 Å². The Bertz CT molecular complexity index is 1320. The van der Waals surface area contributed by atoms with E-state index < -0.39 is 0 Å². The lowest BCUT2D eigenvalue weighted by Crippen LogP contribution is -2.47. The lowest BCUT2D eigenvalue weighted by molar-refractivity contribution is -0.114. The third-order valence-electron chi connectivity index (χ3n) is 8.17. The Labute approximate surface area is 221 Å². The number of carbonyl (C=O) groups is 1. The van der Waals surface area contributed by atoms with Crippen molar-refractivity contribution in [2.24, 2.45) is 0 Å². The molecule has 0 spiro atoms. The van der Waals surface area contributed by atoms with Crippen LogP contribution in [0.15, 0.2) is 48.5 Å². The fourth-order valence-corrected chi connectivity index (χ4v) is 6.23.